The Hall–Kier alpha value is -2.80. The van der Waals surface area contributed by atoms with E-state index in [0.29, 0.717) is 24.3 Å². The van der Waals surface area contributed by atoms with E-state index in [-0.39, 0.29) is 24.2 Å². The second-order valence-electron chi connectivity index (χ2n) is 6.05. The average Bonchev–Trinajstić information content (AvgIpc) is 3.14. The van der Waals surface area contributed by atoms with Crippen molar-refractivity contribution in [2.24, 2.45) is 0 Å². The molecule has 0 radical (unpaired) electrons. The van der Waals surface area contributed by atoms with Crippen molar-refractivity contribution < 1.29 is 13.9 Å². The summed E-state index contributed by atoms with van der Waals surface area (Å²) in [6, 6.07) is 14.2. The van der Waals surface area contributed by atoms with Crippen LogP contribution in [-0.2, 0) is 17.8 Å². The summed E-state index contributed by atoms with van der Waals surface area (Å²) in [6.45, 7) is 1.14. The molecule has 5 nitrogen and oxygen atoms in total. The summed E-state index contributed by atoms with van der Waals surface area (Å²) in [7, 11) is 0. The molecule has 0 aliphatic carbocycles. The van der Waals surface area contributed by atoms with E-state index in [1.54, 1.807) is 17.0 Å². The number of benzene rings is 2. The molecule has 2 aromatic carbocycles. The van der Waals surface area contributed by atoms with E-state index < -0.39 is 0 Å². The van der Waals surface area contributed by atoms with Crippen LogP contribution in [0.2, 0.25) is 0 Å². The minimum atomic E-state index is -0.357. The van der Waals surface area contributed by atoms with E-state index in [2.05, 4.69) is 14.8 Å². The number of amides is 1. The molecule has 7 heteroatoms. The molecule has 0 bridgehead atoms. The molecule has 0 saturated heterocycles. The number of halogens is 1. The van der Waals surface area contributed by atoms with Crippen LogP contribution in [0.15, 0.2) is 48.5 Å². The maximum Gasteiger partial charge on any atom is 0.260 e. The Kier molecular flexibility index (Phi) is 4.62. The van der Waals surface area contributed by atoms with E-state index in [9.17, 15) is 9.18 Å². The van der Waals surface area contributed by atoms with Crippen molar-refractivity contribution >= 4 is 17.6 Å². The van der Waals surface area contributed by atoms with Gasteiger partial charge in [0.1, 0.15) is 11.5 Å². The zero-order valence-corrected chi connectivity index (χ0v) is 14.7. The summed E-state index contributed by atoms with van der Waals surface area (Å²) in [5.74, 6) is -0.200. The first-order valence-electron chi connectivity index (χ1n) is 8.26. The number of carbonyl (C=O) groups is 1. The SMILES string of the molecule is O=C(COc1nsnc1-c1cccc(F)c1)N1CCc2ccccc2C1. The topological polar surface area (TPSA) is 55.3 Å². The minimum absolute atomic E-state index is 0.0994. The molecular weight excluding hydrogens is 353 g/mol. The molecule has 132 valence electrons. The Labute approximate surface area is 154 Å². The summed E-state index contributed by atoms with van der Waals surface area (Å²) >= 11 is 0.972. The molecule has 0 N–H and O–H groups in total. The molecule has 0 spiro atoms. The number of aromatic nitrogens is 2. The molecular formula is C19H16FN3O2S. The van der Waals surface area contributed by atoms with Gasteiger partial charge in [-0.25, -0.2) is 4.39 Å². The minimum Gasteiger partial charge on any atom is -0.465 e. The number of nitrogens with zero attached hydrogens (tertiary/aromatic N) is 3. The van der Waals surface area contributed by atoms with Crippen LogP contribution in [-0.4, -0.2) is 32.7 Å². The van der Waals surface area contributed by atoms with Crippen LogP contribution in [0.1, 0.15) is 11.1 Å². The highest BCUT2D eigenvalue weighted by Crippen LogP contribution is 2.28. The van der Waals surface area contributed by atoms with Crippen molar-refractivity contribution in [1.82, 2.24) is 13.6 Å². The van der Waals surface area contributed by atoms with Gasteiger partial charge in [-0.1, -0.05) is 36.4 Å². The molecule has 1 aromatic heterocycles. The van der Waals surface area contributed by atoms with E-state index in [0.717, 1.165) is 18.1 Å². The molecule has 1 aliphatic heterocycles. The lowest BCUT2D eigenvalue weighted by atomic mass is 10.00. The van der Waals surface area contributed by atoms with Crippen LogP contribution in [0, 0.1) is 5.82 Å². The maximum absolute atomic E-state index is 13.4. The zero-order chi connectivity index (χ0) is 17.9. The first kappa shape index (κ1) is 16.7. The summed E-state index contributed by atoms with van der Waals surface area (Å²) in [5.41, 5.74) is 3.48. The smallest absolute Gasteiger partial charge is 0.260 e. The van der Waals surface area contributed by atoms with Crippen molar-refractivity contribution in [2.75, 3.05) is 13.2 Å². The van der Waals surface area contributed by atoms with Gasteiger partial charge in [0.25, 0.3) is 11.8 Å². The van der Waals surface area contributed by atoms with Gasteiger partial charge in [0.05, 0.1) is 11.7 Å². The third-order valence-corrected chi connectivity index (χ3v) is 4.88. The highest BCUT2D eigenvalue weighted by molar-refractivity contribution is 6.99. The predicted molar refractivity (Wildman–Crippen MR) is 96.4 cm³/mol. The molecule has 0 fully saturated rings. The number of carbonyl (C=O) groups excluding carboxylic acids is 1. The lowest BCUT2D eigenvalue weighted by molar-refractivity contribution is -0.134. The average molecular weight is 369 g/mol. The molecule has 26 heavy (non-hydrogen) atoms. The highest BCUT2D eigenvalue weighted by Gasteiger charge is 2.22. The van der Waals surface area contributed by atoms with Crippen molar-refractivity contribution in [3.63, 3.8) is 0 Å². The first-order valence-corrected chi connectivity index (χ1v) is 8.99. The van der Waals surface area contributed by atoms with Gasteiger partial charge in [-0.15, -0.1) is 4.37 Å². The molecule has 0 saturated carbocycles. The third kappa shape index (κ3) is 3.43. The zero-order valence-electron chi connectivity index (χ0n) is 13.9. The van der Waals surface area contributed by atoms with E-state index >= 15 is 0 Å². The first-order chi connectivity index (χ1) is 12.7. The summed E-state index contributed by atoms with van der Waals surface area (Å²) in [4.78, 5) is 14.3. The summed E-state index contributed by atoms with van der Waals surface area (Å²) in [6.07, 6.45) is 0.842. The molecule has 0 atom stereocenters. The van der Waals surface area contributed by atoms with Crippen molar-refractivity contribution in [3.8, 4) is 17.1 Å². The summed E-state index contributed by atoms with van der Waals surface area (Å²) < 4.78 is 27.3. The van der Waals surface area contributed by atoms with Crippen LogP contribution >= 0.6 is 11.7 Å². The second-order valence-corrected chi connectivity index (χ2v) is 6.58. The van der Waals surface area contributed by atoms with Crippen molar-refractivity contribution in [3.05, 3.63) is 65.5 Å². The fourth-order valence-electron chi connectivity index (χ4n) is 3.02. The highest BCUT2D eigenvalue weighted by atomic mass is 32.1. The van der Waals surface area contributed by atoms with Gasteiger partial charge in [-0.2, -0.15) is 4.37 Å². The van der Waals surface area contributed by atoms with Gasteiger partial charge < -0.3 is 9.64 Å². The van der Waals surface area contributed by atoms with Gasteiger partial charge in [-0.05, 0) is 29.7 Å². The van der Waals surface area contributed by atoms with Gasteiger partial charge in [0.15, 0.2) is 6.61 Å². The molecule has 3 aromatic rings. The van der Waals surface area contributed by atoms with Gasteiger partial charge in [0, 0.05) is 18.7 Å². The molecule has 0 unspecified atom stereocenters. The number of hydrogen-bond donors (Lipinski definition) is 0. The Morgan fingerprint density at radius 1 is 1.15 bits per heavy atom. The quantitative estimate of drug-likeness (QED) is 0.708. The van der Waals surface area contributed by atoms with Crippen LogP contribution in [0.5, 0.6) is 5.88 Å². The van der Waals surface area contributed by atoms with Crippen LogP contribution < -0.4 is 4.74 Å². The molecule has 4 rings (SSSR count). The van der Waals surface area contributed by atoms with Gasteiger partial charge >= 0.3 is 0 Å². The number of fused-ring (bicyclic) bond motifs is 1. The predicted octanol–water partition coefficient (Wildman–Crippen LogP) is 3.31. The fraction of sp³-hybridized carbons (Fsp3) is 0.211. The Bertz CT molecular complexity index is 944. The number of rotatable bonds is 4. The number of ether oxygens (including phenoxy) is 1. The normalized spacial score (nSPS) is 13.3. The standard InChI is InChI=1S/C19H16FN3O2S/c20-16-7-3-6-14(10-16)18-19(22-26-21-18)25-12-17(24)23-9-8-13-4-1-2-5-15(13)11-23/h1-7,10H,8-9,11-12H2. The summed E-state index contributed by atoms with van der Waals surface area (Å²) in [5, 5.41) is 0. The molecule has 1 aliphatic rings. The van der Waals surface area contributed by atoms with Crippen LogP contribution in [0.4, 0.5) is 4.39 Å². The third-order valence-electron chi connectivity index (χ3n) is 4.37. The second kappa shape index (κ2) is 7.21. The Morgan fingerprint density at radius 3 is 2.85 bits per heavy atom. The number of hydrogen-bond acceptors (Lipinski definition) is 5. The van der Waals surface area contributed by atoms with Crippen LogP contribution in [0.25, 0.3) is 11.3 Å². The van der Waals surface area contributed by atoms with E-state index in [4.69, 9.17) is 4.74 Å². The lowest BCUT2D eigenvalue weighted by Gasteiger charge is -2.28. The Morgan fingerprint density at radius 2 is 2.00 bits per heavy atom. The molecule has 2 heterocycles. The monoisotopic (exact) mass is 369 g/mol. The van der Waals surface area contributed by atoms with Crippen molar-refractivity contribution in [1.29, 1.82) is 0 Å². The van der Waals surface area contributed by atoms with Gasteiger partial charge in [0.2, 0.25) is 0 Å². The fourth-order valence-corrected chi connectivity index (χ4v) is 3.54. The maximum atomic E-state index is 13.4. The van der Waals surface area contributed by atoms with E-state index in [1.807, 2.05) is 18.2 Å². The lowest BCUT2D eigenvalue weighted by Crippen LogP contribution is -2.38. The Balaban J connectivity index is 1.42. The molecule has 1 amide bonds. The largest absolute Gasteiger partial charge is 0.465 e. The van der Waals surface area contributed by atoms with Gasteiger partial charge in [-0.3, -0.25) is 4.79 Å². The van der Waals surface area contributed by atoms with Crippen LogP contribution in [0.3, 0.4) is 0 Å². The van der Waals surface area contributed by atoms with Crippen molar-refractivity contribution in [2.45, 2.75) is 13.0 Å². The van der Waals surface area contributed by atoms with E-state index in [1.165, 1.54) is 23.3 Å².